The molecule has 1 unspecified atom stereocenters. The van der Waals surface area contributed by atoms with Crippen LogP contribution >= 0.6 is 11.3 Å². The molecule has 1 aromatic carbocycles. The van der Waals surface area contributed by atoms with E-state index in [9.17, 15) is 0 Å². The molecule has 1 aromatic heterocycles. The van der Waals surface area contributed by atoms with Crippen LogP contribution in [-0.4, -0.2) is 4.98 Å². The molecule has 0 aliphatic carbocycles. The summed E-state index contributed by atoms with van der Waals surface area (Å²) in [7, 11) is 0. The fourth-order valence-corrected chi connectivity index (χ4v) is 3.10. The summed E-state index contributed by atoms with van der Waals surface area (Å²) in [6.45, 7) is 4.72. The fraction of sp³-hybridized carbons (Fsp3) is 0.357. The third-order valence-corrected chi connectivity index (χ3v) is 4.73. The van der Waals surface area contributed by atoms with Crippen LogP contribution in [0.15, 0.2) is 24.3 Å². The first-order valence-electron chi connectivity index (χ1n) is 6.13. The average Bonchev–Trinajstić information content (AvgIpc) is 2.84. The van der Waals surface area contributed by atoms with Gasteiger partial charge in [0.05, 0.1) is 16.1 Å². The Hall–Kier alpha value is -1.39. The van der Waals surface area contributed by atoms with E-state index in [-0.39, 0.29) is 5.54 Å². The number of thiazole rings is 1. The summed E-state index contributed by atoms with van der Waals surface area (Å²) in [5.41, 5.74) is 8.05. The highest BCUT2D eigenvalue weighted by Crippen LogP contribution is 2.41. The lowest BCUT2D eigenvalue weighted by molar-refractivity contribution is 0.305. The van der Waals surface area contributed by atoms with Gasteiger partial charge in [0.15, 0.2) is 0 Å². The van der Waals surface area contributed by atoms with Crippen molar-refractivity contribution in [2.45, 2.75) is 32.4 Å². The van der Waals surface area contributed by atoms with Crippen molar-refractivity contribution < 1.29 is 4.74 Å². The highest BCUT2D eigenvalue weighted by molar-refractivity contribution is 7.12. The van der Waals surface area contributed by atoms with Crippen molar-refractivity contribution in [3.8, 4) is 17.0 Å². The van der Waals surface area contributed by atoms with Crippen molar-refractivity contribution in [3.05, 3.63) is 34.2 Å². The smallest absolute Gasteiger partial charge is 0.129 e. The number of nitrogens with two attached hydrogens (primary N) is 1. The van der Waals surface area contributed by atoms with E-state index in [0.29, 0.717) is 6.61 Å². The van der Waals surface area contributed by atoms with Crippen molar-refractivity contribution in [2.24, 2.45) is 5.73 Å². The third kappa shape index (κ3) is 1.72. The molecule has 2 N–H and O–H groups in total. The van der Waals surface area contributed by atoms with Gasteiger partial charge < -0.3 is 10.5 Å². The van der Waals surface area contributed by atoms with Crippen LogP contribution in [0.5, 0.6) is 5.75 Å². The lowest BCUT2D eigenvalue weighted by atomic mass is 10.0. The van der Waals surface area contributed by atoms with Gasteiger partial charge in [-0.15, -0.1) is 11.3 Å². The Morgan fingerprint density at radius 1 is 1.44 bits per heavy atom. The normalized spacial score (nSPS) is 16.4. The Labute approximate surface area is 111 Å². The van der Waals surface area contributed by atoms with Gasteiger partial charge in [-0.05, 0) is 25.5 Å². The molecule has 3 nitrogen and oxygen atoms in total. The molecule has 94 valence electrons. The van der Waals surface area contributed by atoms with E-state index in [2.05, 4.69) is 13.0 Å². The lowest BCUT2D eigenvalue weighted by Gasteiger charge is -2.18. The summed E-state index contributed by atoms with van der Waals surface area (Å²) in [5, 5.41) is 0.996. The molecule has 2 heterocycles. The number of hydrogen-bond acceptors (Lipinski definition) is 4. The predicted molar refractivity (Wildman–Crippen MR) is 73.7 cm³/mol. The Morgan fingerprint density at radius 2 is 2.22 bits per heavy atom. The number of ether oxygens (including phenoxy) is 1. The monoisotopic (exact) mass is 260 g/mol. The van der Waals surface area contributed by atoms with E-state index in [1.807, 2.05) is 25.1 Å². The van der Waals surface area contributed by atoms with E-state index in [4.69, 9.17) is 15.5 Å². The van der Waals surface area contributed by atoms with Crippen molar-refractivity contribution in [1.29, 1.82) is 0 Å². The predicted octanol–water partition coefficient (Wildman–Crippen LogP) is 3.29. The molecule has 0 fully saturated rings. The van der Waals surface area contributed by atoms with Crippen molar-refractivity contribution in [3.63, 3.8) is 0 Å². The highest BCUT2D eigenvalue weighted by Gasteiger charge is 2.28. The maximum absolute atomic E-state index is 6.28. The Kier molecular flexibility index (Phi) is 2.64. The zero-order chi connectivity index (χ0) is 12.8. The molecule has 0 spiro atoms. The van der Waals surface area contributed by atoms with Gasteiger partial charge in [-0.1, -0.05) is 19.1 Å². The summed E-state index contributed by atoms with van der Waals surface area (Å²) in [4.78, 5) is 5.92. The lowest BCUT2D eigenvalue weighted by Crippen LogP contribution is -2.31. The standard InChI is InChI=1S/C14H16N2OS/c1-3-14(2,15)13-16-12-9-6-4-5-7-10(9)17-8-11(12)18-13/h4-7H,3,8,15H2,1-2H3. The molecule has 18 heavy (non-hydrogen) atoms. The molecule has 0 saturated carbocycles. The number of fused-ring (bicyclic) bond motifs is 3. The van der Waals surface area contributed by atoms with Gasteiger partial charge in [-0.2, -0.15) is 0 Å². The number of benzene rings is 1. The summed E-state index contributed by atoms with van der Waals surface area (Å²) >= 11 is 1.67. The summed E-state index contributed by atoms with van der Waals surface area (Å²) in [6, 6.07) is 8.03. The van der Waals surface area contributed by atoms with Crippen LogP contribution in [0.2, 0.25) is 0 Å². The van der Waals surface area contributed by atoms with E-state index in [1.54, 1.807) is 11.3 Å². The Balaban J connectivity index is 2.12. The molecule has 0 amide bonds. The van der Waals surface area contributed by atoms with E-state index in [1.165, 1.54) is 4.88 Å². The molecule has 0 radical (unpaired) electrons. The third-order valence-electron chi connectivity index (χ3n) is 3.42. The first kappa shape index (κ1) is 11.7. The molecule has 3 rings (SSSR count). The topological polar surface area (TPSA) is 48.1 Å². The molecular weight excluding hydrogens is 244 g/mol. The second-order valence-corrected chi connectivity index (χ2v) is 5.93. The second kappa shape index (κ2) is 4.07. The molecule has 4 heteroatoms. The summed E-state index contributed by atoms with van der Waals surface area (Å²) in [5.74, 6) is 0.914. The van der Waals surface area contributed by atoms with Gasteiger partial charge in [0.1, 0.15) is 17.4 Å². The van der Waals surface area contributed by atoms with Gasteiger partial charge in [0, 0.05) is 5.56 Å². The summed E-state index contributed by atoms with van der Waals surface area (Å²) < 4.78 is 5.74. The fourth-order valence-electron chi connectivity index (χ4n) is 1.99. The first-order chi connectivity index (χ1) is 8.62. The average molecular weight is 260 g/mol. The van der Waals surface area contributed by atoms with Crippen molar-refractivity contribution in [2.75, 3.05) is 0 Å². The van der Waals surface area contributed by atoms with Crippen LogP contribution in [-0.2, 0) is 12.1 Å². The van der Waals surface area contributed by atoms with Gasteiger partial charge in [0.25, 0.3) is 0 Å². The minimum absolute atomic E-state index is 0.350. The number of nitrogens with zero attached hydrogens (tertiary/aromatic N) is 1. The van der Waals surface area contributed by atoms with Crippen LogP contribution in [0.3, 0.4) is 0 Å². The SMILES string of the molecule is CCC(C)(N)c1nc2c(s1)COc1ccccc1-2. The number of hydrogen-bond donors (Lipinski definition) is 1. The maximum Gasteiger partial charge on any atom is 0.129 e. The molecule has 2 aromatic rings. The van der Waals surface area contributed by atoms with Crippen LogP contribution in [0, 0.1) is 0 Å². The number of rotatable bonds is 2. The molecular formula is C14H16N2OS. The Morgan fingerprint density at radius 3 is 3.00 bits per heavy atom. The zero-order valence-electron chi connectivity index (χ0n) is 10.6. The summed E-state index contributed by atoms with van der Waals surface area (Å²) in [6.07, 6.45) is 0.877. The van der Waals surface area contributed by atoms with Gasteiger partial charge in [-0.3, -0.25) is 0 Å². The van der Waals surface area contributed by atoms with Crippen LogP contribution in [0.1, 0.15) is 30.2 Å². The second-order valence-electron chi connectivity index (χ2n) is 4.85. The van der Waals surface area contributed by atoms with Gasteiger partial charge >= 0.3 is 0 Å². The minimum atomic E-state index is -0.350. The first-order valence-corrected chi connectivity index (χ1v) is 6.94. The van der Waals surface area contributed by atoms with Crippen molar-refractivity contribution in [1.82, 2.24) is 4.98 Å². The molecule has 1 atom stereocenters. The quantitative estimate of drug-likeness (QED) is 0.901. The van der Waals surface area contributed by atoms with Crippen LogP contribution in [0.4, 0.5) is 0 Å². The zero-order valence-corrected chi connectivity index (χ0v) is 11.4. The van der Waals surface area contributed by atoms with Gasteiger partial charge in [-0.25, -0.2) is 4.98 Å². The molecule has 0 saturated heterocycles. The molecule has 0 bridgehead atoms. The van der Waals surface area contributed by atoms with Crippen molar-refractivity contribution >= 4 is 11.3 Å². The van der Waals surface area contributed by atoms with E-state index >= 15 is 0 Å². The van der Waals surface area contributed by atoms with Crippen LogP contribution in [0.25, 0.3) is 11.3 Å². The van der Waals surface area contributed by atoms with E-state index < -0.39 is 0 Å². The molecule has 1 aliphatic heterocycles. The van der Waals surface area contributed by atoms with E-state index in [0.717, 1.165) is 28.4 Å². The maximum atomic E-state index is 6.28. The largest absolute Gasteiger partial charge is 0.487 e. The van der Waals surface area contributed by atoms with Crippen LogP contribution < -0.4 is 10.5 Å². The highest BCUT2D eigenvalue weighted by atomic mass is 32.1. The molecule has 1 aliphatic rings. The Bertz CT molecular complexity index is 589. The number of para-hydroxylation sites is 1. The minimum Gasteiger partial charge on any atom is -0.487 e. The van der Waals surface area contributed by atoms with Gasteiger partial charge in [0.2, 0.25) is 0 Å². The number of aromatic nitrogens is 1.